The minimum Gasteiger partial charge on any atom is -0.0930 e. The maximum Gasteiger partial charge on any atom is -0.00262 e. The van der Waals surface area contributed by atoms with Crippen LogP contribution in [0, 0.1) is 0 Å². The van der Waals surface area contributed by atoms with Crippen molar-refractivity contribution in [3.05, 3.63) is 57.7 Å². The van der Waals surface area contributed by atoms with Gasteiger partial charge in [-0.15, -0.1) is 0 Å². The molecule has 1 aliphatic heterocycles. The van der Waals surface area contributed by atoms with E-state index in [1.165, 1.54) is 33.0 Å². The molecule has 0 saturated heterocycles. The molecule has 2 aromatic rings. The summed E-state index contributed by atoms with van der Waals surface area (Å²) in [6.07, 6.45) is 2.32. The molecule has 0 spiro atoms. The molecule has 76 valence electrons. The molecule has 0 unspecified atom stereocenters. The van der Waals surface area contributed by atoms with Crippen LogP contribution >= 0.6 is 20.7 Å². The number of fused-ring (bicyclic) bond motifs is 3. The van der Waals surface area contributed by atoms with Gasteiger partial charge < -0.3 is 0 Å². The number of benzene rings is 2. The van der Waals surface area contributed by atoms with Crippen LogP contribution in [0.2, 0.25) is 0 Å². The lowest BCUT2D eigenvalue weighted by atomic mass is 10.0. The van der Waals surface area contributed by atoms with Gasteiger partial charge in [0.1, 0.15) is 0 Å². The maximum absolute atomic E-state index is 2.45. The standard InChI is InChI=1S/C15H9I/c1-3-10-4-2-6-13-14-9-16-8-7-11(14)12(5-1)15(10)13/h1-9H. The van der Waals surface area contributed by atoms with Gasteiger partial charge in [0.25, 0.3) is 0 Å². The minimum absolute atomic E-state index is 0.130. The normalized spacial score (nSPS) is 16.5. The summed E-state index contributed by atoms with van der Waals surface area (Å²) in [4.78, 5) is 0. The van der Waals surface area contributed by atoms with E-state index in [-0.39, 0.29) is 20.7 Å². The van der Waals surface area contributed by atoms with Gasteiger partial charge in [0.15, 0.2) is 0 Å². The maximum atomic E-state index is 2.45. The highest BCUT2D eigenvalue weighted by Crippen LogP contribution is 2.47. The fourth-order valence-corrected chi connectivity index (χ4v) is 4.38. The van der Waals surface area contributed by atoms with Crippen molar-refractivity contribution in [2.45, 2.75) is 0 Å². The molecule has 0 nitrogen and oxygen atoms in total. The Morgan fingerprint density at radius 2 is 1.56 bits per heavy atom. The largest absolute Gasteiger partial charge is 0.0930 e. The van der Waals surface area contributed by atoms with Crippen molar-refractivity contribution < 1.29 is 0 Å². The summed E-state index contributed by atoms with van der Waals surface area (Å²) in [6.45, 7) is 0. The Bertz CT molecular complexity index is 646. The van der Waals surface area contributed by atoms with Crippen molar-refractivity contribution in [1.82, 2.24) is 0 Å². The van der Waals surface area contributed by atoms with Crippen LogP contribution in [0.15, 0.2) is 46.6 Å². The fraction of sp³-hybridized carbons (Fsp3) is 0. The third-order valence-electron chi connectivity index (χ3n) is 3.25. The molecule has 0 fully saturated rings. The molecule has 0 bridgehead atoms. The van der Waals surface area contributed by atoms with Crippen LogP contribution in [0.1, 0.15) is 11.1 Å². The molecule has 0 radical (unpaired) electrons. The number of halogens is 1. The molecule has 0 aromatic heterocycles. The summed E-state index contributed by atoms with van der Waals surface area (Å²) < 4.78 is 4.80. The molecule has 2 aromatic carbocycles. The number of allylic oxidation sites excluding steroid dienone is 3. The zero-order valence-electron chi connectivity index (χ0n) is 8.57. The highest BCUT2D eigenvalue weighted by atomic mass is 127. The van der Waals surface area contributed by atoms with Crippen molar-refractivity contribution >= 4 is 46.7 Å². The van der Waals surface area contributed by atoms with E-state index >= 15 is 0 Å². The molecule has 0 N–H and O–H groups in total. The van der Waals surface area contributed by atoms with Crippen LogP contribution in [0.25, 0.3) is 21.9 Å². The average Bonchev–Trinajstić information content (AvgIpc) is 2.68. The third-order valence-corrected chi connectivity index (χ3v) is 5.01. The third kappa shape index (κ3) is 1.02. The summed E-state index contributed by atoms with van der Waals surface area (Å²) in [7, 11) is 0. The average molecular weight is 316 g/mol. The van der Waals surface area contributed by atoms with E-state index in [1.54, 1.807) is 0 Å². The first-order valence-electron chi connectivity index (χ1n) is 5.34. The number of hydrogen-bond acceptors (Lipinski definition) is 0. The molecular formula is C15H9I. The Morgan fingerprint density at radius 1 is 0.812 bits per heavy atom. The van der Waals surface area contributed by atoms with E-state index in [4.69, 9.17) is 0 Å². The van der Waals surface area contributed by atoms with Gasteiger partial charge in [0, 0.05) is 0 Å². The first-order chi connectivity index (χ1) is 7.95. The van der Waals surface area contributed by atoms with Gasteiger partial charge in [0.05, 0.1) is 0 Å². The smallest absolute Gasteiger partial charge is 0.00262 e. The van der Waals surface area contributed by atoms with Gasteiger partial charge in [-0.3, -0.25) is 0 Å². The van der Waals surface area contributed by atoms with Crippen molar-refractivity contribution in [2.24, 2.45) is 0 Å². The van der Waals surface area contributed by atoms with Crippen molar-refractivity contribution in [1.29, 1.82) is 0 Å². The second-order valence-corrected chi connectivity index (χ2v) is 6.13. The first-order valence-corrected chi connectivity index (χ1v) is 7.83. The van der Waals surface area contributed by atoms with Crippen LogP contribution in [-0.4, -0.2) is 4.01 Å². The summed E-state index contributed by atoms with van der Waals surface area (Å²) in [5, 5.41) is 2.81. The lowest BCUT2D eigenvalue weighted by molar-refractivity contribution is 1.72. The Balaban J connectivity index is 2.27. The zero-order chi connectivity index (χ0) is 10.5. The summed E-state index contributed by atoms with van der Waals surface area (Å²) in [6, 6.07) is 13.2. The molecule has 2 aliphatic rings. The van der Waals surface area contributed by atoms with Crippen LogP contribution < -0.4 is 0 Å². The first kappa shape index (κ1) is 8.88. The quantitative estimate of drug-likeness (QED) is 0.633. The van der Waals surface area contributed by atoms with E-state index < -0.39 is 0 Å². The molecule has 0 saturated carbocycles. The van der Waals surface area contributed by atoms with Crippen LogP contribution in [-0.2, 0) is 0 Å². The number of rotatable bonds is 0. The highest BCUT2D eigenvalue weighted by Gasteiger charge is 2.23. The predicted molar refractivity (Wildman–Crippen MR) is 80.0 cm³/mol. The van der Waals surface area contributed by atoms with E-state index in [2.05, 4.69) is 50.6 Å². The van der Waals surface area contributed by atoms with Crippen molar-refractivity contribution in [3.63, 3.8) is 0 Å². The second kappa shape index (κ2) is 3.14. The predicted octanol–water partition coefficient (Wildman–Crippen LogP) is 4.36. The van der Waals surface area contributed by atoms with E-state index in [1.807, 2.05) is 0 Å². The van der Waals surface area contributed by atoms with Crippen LogP contribution in [0.4, 0.5) is 0 Å². The van der Waals surface area contributed by atoms with Crippen molar-refractivity contribution in [3.8, 4) is 0 Å². The van der Waals surface area contributed by atoms with Crippen LogP contribution in [0.3, 0.4) is 0 Å². The molecule has 1 heterocycles. The molecule has 0 atom stereocenters. The van der Waals surface area contributed by atoms with Gasteiger partial charge in [-0.2, -0.15) is 0 Å². The summed E-state index contributed by atoms with van der Waals surface area (Å²) >= 11 is 0.130. The zero-order valence-corrected chi connectivity index (χ0v) is 10.7. The van der Waals surface area contributed by atoms with Crippen molar-refractivity contribution in [2.75, 3.05) is 0 Å². The summed E-state index contributed by atoms with van der Waals surface area (Å²) in [5.74, 6) is 0. The molecule has 4 rings (SSSR count). The Hall–Kier alpha value is -1.22. The second-order valence-electron chi connectivity index (χ2n) is 4.06. The van der Waals surface area contributed by atoms with E-state index in [0.29, 0.717) is 0 Å². The number of hydrogen-bond donors (Lipinski definition) is 0. The SMILES string of the molecule is C1=IC=C2C(=C1)c1cccc3cccc2c13. The van der Waals surface area contributed by atoms with Gasteiger partial charge >= 0.3 is 0 Å². The van der Waals surface area contributed by atoms with Gasteiger partial charge in [-0.25, -0.2) is 0 Å². The lowest BCUT2D eigenvalue weighted by Crippen LogP contribution is -1.81. The topological polar surface area (TPSA) is 0 Å². The Kier molecular flexibility index (Phi) is 1.74. The Morgan fingerprint density at radius 3 is 2.38 bits per heavy atom. The summed E-state index contributed by atoms with van der Waals surface area (Å²) in [5.41, 5.74) is 5.76. The van der Waals surface area contributed by atoms with Crippen LogP contribution in [0.5, 0.6) is 0 Å². The molecule has 1 heteroatoms. The molecular weight excluding hydrogens is 307 g/mol. The minimum atomic E-state index is 0.130. The van der Waals surface area contributed by atoms with Gasteiger partial charge in [-0.05, 0) is 47.2 Å². The monoisotopic (exact) mass is 316 g/mol. The fourth-order valence-electron chi connectivity index (χ4n) is 2.58. The van der Waals surface area contributed by atoms with Gasteiger partial charge in [-0.1, -0.05) is 57.1 Å². The van der Waals surface area contributed by atoms with Gasteiger partial charge in [0.2, 0.25) is 0 Å². The highest BCUT2D eigenvalue weighted by molar-refractivity contribution is 14.2. The molecule has 0 amide bonds. The molecule has 16 heavy (non-hydrogen) atoms. The van der Waals surface area contributed by atoms with E-state index in [9.17, 15) is 0 Å². The van der Waals surface area contributed by atoms with E-state index in [0.717, 1.165) is 0 Å². The Labute approximate surface area is 104 Å². The lowest BCUT2D eigenvalue weighted by Gasteiger charge is -2.04. The molecule has 1 aliphatic carbocycles.